The number of aromatic carboxylic acids is 1. The Kier molecular flexibility index (Phi) is 9.98. The number of sulfonamides is 1. The number of aromatic nitrogens is 2. The lowest BCUT2D eigenvalue weighted by Crippen LogP contribution is -2.20. The molecule has 0 aliphatic rings. The first-order chi connectivity index (χ1) is 19.3. The molecule has 0 saturated carbocycles. The Morgan fingerprint density at radius 1 is 0.976 bits per heavy atom. The number of nitrogens with two attached hydrogens (primary N) is 1. The van der Waals surface area contributed by atoms with Crippen LogP contribution < -0.4 is 15.2 Å². The molecule has 3 aromatic carbocycles. The van der Waals surface area contributed by atoms with Crippen LogP contribution in [0.1, 0.15) is 59.5 Å². The zero-order valence-electron chi connectivity index (χ0n) is 24.1. The third kappa shape index (κ3) is 7.44. The Labute approximate surface area is 252 Å². The minimum Gasteiger partial charge on any atom is -0.478 e. The molecule has 0 aliphatic heterocycles. The van der Waals surface area contributed by atoms with E-state index >= 15 is 0 Å². The number of ether oxygens (including phenoxy) is 1. The molecule has 0 aliphatic carbocycles. The van der Waals surface area contributed by atoms with Crippen LogP contribution in [0.15, 0.2) is 77.7 Å². The van der Waals surface area contributed by atoms with Crippen molar-refractivity contribution < 1.29 is 23.1 Å². The quantitative estimate of drug-likeness (QED) is 0.207. The molecule has 1 unspecified atom stereocenters. The van der Waals surface area contributed by atoms with E-state index in [4.69, 9.17) is 10.5 Å². The van der Waals surface area contributed by atoms with Crippen molar-refractivity contribution in [2.45, 2.75) is 51.0 Å². The molecule has 0 amide bonds. The maximum absolute atomic E-state index is 13.2. The zero-order valence-corrected chi connectivity index (χ0v) is 25.7. The summed E-state index contributed by atoms with van der Waals surface area (Å²) in [6.07, 6.45) is -0.554. The highest BCUT2D eigenvalue weighted by Gasteiger charge is 2.22. The van der Waals surface area contributed by atoms with Gasteiger partial charge in [0.2, 0.25) is 11.8 Å². The second-order valence-corrected chi connectivity index (χ2v) is 12.5. The lowest BCUT2D eigenvalue weighted by molar-refractivity contribution is 0.0696. The van der Waals surface area contributed by atoms with Crippen molar-refractivity contribution in [3.8, 4) is 17.1 Å². The normalized spacial score (nSPS) is 12.2. The van der Waals surface area contributed by atoms with E-state index in [1.165, 1.54) is 23.8 Å². The van der Waals surface area contributed by atoms with Crippen LogP contribution in [0.4, 0.5) is 5.95 Å². The van der Waals surface area contributed by atoms with Crippen LogP contribution in [0, 0.1) is 13.8 Å². The zero-order chi connectivity index (χ0) is 29.9. The molecule has 1 heterocycles. The van der Waals surface area contributed by atoms with Gasteiger partial charge in [-0.25, -0.2) is 22.9 Å². The Morgan fingerprint density at radius 3 is 2.17 bits per heavy atom. The third-order valence-electron chi connectivity index (χ3n) is 6.68. The van der Waals surface area contributed by atoms with E-state index in [1.807, 2.05) is 56.3 Å². The largest absolute Gasteiger partial charge is 0.478 e. The van der Waals surface area contributed by atoms with Gasteiger partial charge in [-0.1, -0.05) is 69.3 Å². The van der Waals surface area contributed by atoms with E-state index in [-0.39, 0.29) is 46.7 Å². The smallest absolute Gasteiger partial charge is 0.335 e. The molecule has 4 N–H and O–H groups in total. The van der Waals surface area contributed by atoms with E-state index in [0.717, 1.165) is 28.3 Å². The van der Waals surface area contributed by atoms with Crippen LogP contribution in [0.3, 0.4) is 0 Å². The Morgan fingerprint density at radius 2 is 1.60 bits per heavy atom. The second-order valence-electron chi connectivity index (χ2n) is 10.8. The molecule has 0 radical (unpaired) electrons. The van der Waals surface area contributed by atoms with Gasteiger partial charge in [-0.3, -0.25) is 0 Å². The summed E-state index contributed by atoms with van der Waals surface area (Å²) in [5.41, 5.74) is 11.1. The number of aryl methyl sites for hydroxylation is 2. The molecule has 4 rings (SSSR count). The summed E-state index contributed by atoms with van der Waals surface area (Å²) in [6.45, 7) is 10.4. The summed E-state index contributed by atoms with van der Waals surface area (Å²) in [4.78, 5) is 20.0. The van der Waals surface area contributed by atoms with Crippen LogP contribution in [0.2, 0.25) is 0 Å². The highest BCUT2D eigenvalue weighted by atomic mass is 35.5. The van der Waals surface area contributed by atoms with Crippen LogP contribution in [-0.4, -0.2) is 36.0 Å². The van der Waals surface area contributed by atoms with Crippen LogP contribution >= 0.6 is 12.4 Å². The van der Waals surface area contributed by atoms with E-state index in [0.29, 0.717) is 5.69 Å². The standard InChI is InChI=1S/C31H34N4O5S.ClH/c1-19-8-6-9-20(2)28(19)25-17-27(40-26(18-32)21-12-14-23(15-13-21)31(3,4)5)34-30(33-25)35-41(38,39)24-11-7-10-22(16-24)29(36)37;/h6-17,26H,18,32H2,1-5H3,(H,36,37)(H,33,34,35);1H. The van der Waals surface area contributed by atoms with Gasteiger partial charge in [-0.05, 0) is 59.7 Å². The van der Waals surface area contributed by atoms with Crippen molar-refractivity contribution in [1.29, 1.82) is 0 Å². The monoisotopic (exact) mass is 610 g/mol. The van der Waals surface area contributed by atoms with Crippen LogP contribution in [0.25, 0.3) is 11.3 Å². The van der Waals surface area contributed by atoms with E-state index in [9.17, 15) is 18.3 Å². The number of carboxylic acids is 1. The predicted molar refractivity (Wildman–Crippen MR) is 166 cm³/mol. The maximum atomic E-state index is 13.2. The minimum absolute atomic E-state index is 0. The molecule has 0 fully saturated rings. The number of nitrogens with one attached hydrogen (secondary N) is 1. The lowest BCUT2D eigenvalue weighted by atomic mass is 9.86. The Balaban J connectivity index is 0.00000484. The van der Waals surface area contributed by atoms with Gasteiger partial charge in [0.05, 0.1) is 16.2 Å². The van der Waals surface area contributed by atoms with Crippen molar-refractivity contribution in [3.05, 3.63) is 101 Å². The maximum Gasteiger partial charge on any atom is 0.335 e. The molecular formula is C31H35ClN4O5S. The minimum atomic E-state index is -4.23. The fraction of sp³-hybridized carbons (Fsp3) is 0.258. The van der Waals surface area contributed by atoms with Gasteiger partial charge >= 0.3 is 5.97 Å². The summed E-state index contributed by atoms with van der Waals surface area (Å²) < 4.78 is 35.1. The van der Waals surface area contributed by atoms with Gasteiger partial charge in [0.15, 0.2) is 0 Å². The van der Waals surface area contributed by atoms with Crippen LogP contribution in [-0.2, 0) is 15.4 Å². The Hall–Kier alpha value is -3.99. The molecule has 222 valence electrons. The molecule has 0 saturated heterocycles. The number of hydrogen-bond donors (Lipinski definition) is 3. The number of carbonyl (C=O) groups is 1. The van der Waals surface area contributed by atoms with Crippen molar-refractivity contribution in [1.82, 2.24) is 9.97 Å². The van der Waals surface area contributed by atoms with E-state index < -0.39 is 22.1 Å². The van der Waals surface area contributed by atoms with E-state index in [1.54, 1.807) is 6.07 Å². The molecule has 1 aromatic heterocycles. The molecule has 1 atom stereocenters. The van der Waals surface area contributed by atoms with Gasteiger partial charge in [0.1, 0.15) is 6.10 Å². The summed E-state index contributed by atoms with van der Waals surface area (Å²) in [7, 11) is -4.23. The number of rotatable bonds is 9. The fourth-order valence-corrected chi connectivity index (χ4v) is 5.44. The average molecular weight is 611 g/mol. The first-order valence-electron chi connectivity index (χ1n) is 13.1. The van der Waals surface area contributed by atoms with Crippen molar-refractivity contribution in [3.63, 3.8) is 0 Å². The molecule has 0 spiro atoms. The van der Waals surface area contributed by atoms with Gasteiger partial charge in [-0.15, -0.1) is 12.4 Å². The van der Waals surface area contributed by atoms with E-state index in [2.05, 4.69) is 35.5 Å². The van der Waals surface area contributed by atoms with Gasteiger partial charge < -0.3 is 15.6 Å². The summed E-state index contributed by atoms with van der Waals surface area (Å²) in [5.74, 6) is -1.33. The molecular weight excluding hydrogens is 576 g/mol. The Bertz CT molecular complexity index is 1670. The first kappa shape index (κ1) is 32.5. The number of halogens is 1. The van der Waals surface area contributed by atoms with Crippen molar-refractivity contribution in [2.24, 2.45) is 5.73 Å². The summed E-state index contributed by atoms with van der Waals surface area (Å²) >= 11 is 0. The van der Waals surface area contributed by atoms with Gasteiger partial charge in [0, 0.05) is 18.2 Å². The molecule has 0 bridgehead atoms. The van der Waals surface area contributed by atoms with Crippen molar-refractivity contribution in [2.75, 3.05) is 11.3 Å². The number of anilines is 1. The summed E-state index contributed by atoms with van der Waals surface area (Å²) in [5, 5.41) is 9.30. The molecule has 42 heavy (non-hydrogen) atoms. The highest BCUT2D eigenvalue weighted by Crippen LogP contribution is 2.31. The predicted octanol–water partition coefficient (Wildman–Crippen LogP) is 6.06. The molecule has 9 nitrogen and oxygen atoms in total. The second kappa shape index (κ2) is 12.9. The summed E-state index contributed by atoms with van der Waals surface area (Å²) in [6, 6.07) is 20.5. The highest BCUT2D eigenvalue weighted by molar-refractivity contribution is 7.92. The van der Waals surface area contributed by atoms with Gasteiger partial charge in [0.25, 0.3) is 10.0 Å². The SMILES string of the molecule is Cc1cccc(C)c1-c1cc(OC(CN)c2ccc(C(C)(C)C)cc2)nc(NS(=O)(=O)c2cccc(C(=O)O)c2)n1.Cl. The topological polar surface area (TPSA) is 144 Å². The average Bonchev–Trinajstić information content (AvgIpc) is 2.91. The third-order valence-corrected chi connectivity index (χ3v) is 8.01. The first-order valence-corrected chi connectivity index (χ1v) is 14.6. The van der Waals surface area contributed by atoms with Crippen molar-refractivity contribution >= 4 is 34.3 Å². The fourth-order valence-electron chi connectivity index (χ4n) is 4.45. The number of benzene rings is 3. The molecule has 4 aromatic rings. The number of nitrogens with zero attached hydrogens (tertiary/aromatic N) is 2. The van der Waals surface area contributed by atoms with Crippen LogP contribution in [0.5, 0.6) is 5.88 Å². The number of carboxylic acid groups (broad SMARTS) is 1. The lowest BCUT2D eigenvalue weighted by Gasteiger charge is -2.22. The molecule has 11 heteroatoms. The van der Waals surface area contributed by atoms with Gasteiger partial charge in [-0.2, -0.15) is 4.98 Å². The number of hydrogen-bond acceptors (Lipinski definition) is 7.